The summed E-state index contributed by atoms with van der Waals surface area (Å²) in [6.45, 7) is 3.80. The lowest BCUT2D eigenvalue weighted by molar-refractivity contribution is -0.386. The van der Waals surface area contributed by atoms with Crippen molar-refractivity contribution < 1.29 is 4.92 Å². The first kappa shape index (κ1) is 11.9. The van der Waals surface area contributed by atoms with Crippen molar-refractivity contribution in [3.8, 4) is 0 Å². The molecule has 1 aromatic heterocycles. The molecule has 0 aliphatic heterocycles. The van der Waals surface area contributed by atoms with Gasteiger partial charge in [-0.05, 0) is 12.5 Å². The van der Waals surface area contributed by atoms with Gasteiger partial charge in [-0.2, -0.15) is 0 Å². The van der Waals surface area contributed by atoms with E-state index < -0.39 is 4.92 Å². The summed E-state index contributed by atoms with van der Waals surface area (Å²) in [4.78, 5) is 14.4. The molecule has 0 saturated heterocycles. The van der Waals surface area contributed by atoms with Crippen LogP contribution in [-0.4, -0.2) is 15.3 Å². The van der Waals surface area contributed by atoms with Crippen molar-refractivity contribution in [1.29, 1.82) is 0 Å². The minimum Gasteiger partial charge on any atom is -0.258 e. The van der Waals surface area contributed by atoms with Crippen molar-refractivity contribution in [2.24, 2.45) is 0 Å². The van der Waals surface area contributed by atoms with Crippen LogP contribution in [0.1, 0.15) is 31.9 Å². The van der Waals surface area contributed by atoms with Crippen molar-refractivity contribution in [1.82, 2.24) is 4.98 Å². The normalized spacial score (nSPS) is 14.6. The van der Waals surface area contributed by atoms with Crippen molar-refractivity contribution in [3.05, 3.63) is 34.1 Å². The maximum atomic E-state index is 10.8. The maximum Gasteiger partial charge on any atom is 0.291 e. The maximum absolute atomic E-state index is 10.8. The molecular formula is C10H13ClN2O2. The first-order chi connectivity index (χ1) is 7.07. The van der Waals surface area contributed by atoms with E-state index in [4.69, 9.17) is 11.6 Å². The molecule has 0 amide bonds. The molecule has 0 bridgehead atoms. The summed E-state index contributed by atoms with van der Waals surface area (Å²) < 4.78 is 0. The van der Waals surface area contributed by atoms with Crippen molar-refractivity contribution in [2.45, 2.75) is 31.6 Å². The second-order valence-electron chi connectivity index (χ2n) is 3.38. The lowest BCUT2D eigenvalue weighted by Gasteiger charge is -2.15. The zero-order valence-corrected chi connectivity index (χ0v) is 9.44. The van der Waals surface area contributed by atoms with Crippen LogP contribution >= 0.6 is 11.6 Å². The van der Waals surface area contributed by atoms with E-state index in [1.54, 1.807) is 12.3 Å². The Labute approximate surface area is 93.4 Å². The van der Waals surface area contributed by atoms with Gasteiger partial charge < -0.3 is 0 Å². The molecule has 1 rings (SSSR count). The Bertz CT molecular complexity index is 357. The van der Waals surface area contributed by atoms with Crippen LogP contribution in [0.15, 0.2) is 18.3 Å². The molecule has 0 aromatic carbocycles. The number of nitro groups is 1. The lowest BCUT2D eigenvalue weighted by Crippen LogP contribution is -2.12. The monoisotopic (exact) mass is 228 g/mol. The predicted octanol–water partition coefficient (Wildman–Crippen LogP) is 3.11. The number of aromatic nitrogens is 1. The molecule has 5 heteroatoms. The molecule has 1 heterocycles. The Hall–Kier alpha value is -1.16. The molecule has 15 heavy (non-hydrogen) atoms. The molecule has 4 nitrogen and oxygen atoms in total. The van der Waals surface area contributed by atoms with Crippen LogP contribution in [0.2, 0.25) is 0 Å². The Kier molecular flexibility index (Phi) is 4.03. The lowest BCUT2D eigenvalue weighted by atomic mass is 10.00. The molecule has 82 valence electrons. The summed E-state index contributed by atoms with van der Waals surface area (Å²) in [5.74, 6) is -0.113. The standard InChI is InChI=1S/C10H13ClN2O2/c1-3-8(11)7(2)10-9(13(14)15)5-4-6-12-10/h4-8H,3H2,1-2H3. The van der Waals surface area contributed by atoms with Gasteiger partial charge in [-0.1, -0.05) is 13.8 Å². The first-order valence-electron chi connectivity index (χ1n) is 4.81. The van der Waals surface area contributed by atoms with Gasteiger partial charge in [0.15, 0.2) is 0 Å². The number of hydrogen-bond donors (Lipinski definition) is 0. The average molecular weight is 229 g/mol. The summed E-state index contributed by atoms with van der Waals surface area (Å²) in [6.07, 6.45) is 2.31. The number of pyridine rings is 1. The molecule has 0 saturated carbocycles. The number of alkyl halides is 1. The van der Waals surface area contributed by atoms with E-state index in [0.717, 1.165) is 6.42 Å². The Morgan fingerprint density at radius 1 is 1.67 bits per heavy atom. The SMILES string of the molecule is CCC(Cl)C(C)c1ncccc1[N+](=O)[O-]. The Morgan fingerprint density at radius 3 is 2.87 bits per heavy atom. The number of rotatable bonds is 4. The third kappa shape index (κ3) is 2.65. The molecule has 2 unspecified atom stereocenters. The van der Waals surface area contributed by atoms with E-state index in [-0.39, 0.29) is 17.0 Å². The second kappa shape index (κ2) is 5.07. The molecule has 0 radical (unpaired) electrons. The zero-order chi connectivity index (χ0) is 11.4. The van der Waals surface area contributed by atoms with Gasteiger partial charge in [0.05, 0.1) is 4.92 Å². The molecule has 2 atom stereocenters. The third-order valence-electron chi connectivity index (χ3n) is 2.38. The summed E-state index contributed by atoms with van der Waals surface area (Å²) in [5, 5.41) is 10.6. The molecule has 0 aliphatic rings. The quantitative estimate of drug-likeness (QED) is 0.452. The summed E-state index contributed by atoms with van der Waals surface area (Å²) >= 11 is 6.06. The molecule has 1 aromatic rings. The van der Waals surface area contributed by atoms with E-state index in [9.17, 15) is 10.1 Å². The topological polar surface area (TPSA) is 56.0 Å². The molecule has 0 aliphatic carbocycles. The molecule has 0 N–H and O–H groups in total. The number of hydrogen-bond acceptors (Lipinski definition) is 3. The van der Waals surface area contributed by atoms with Gasteiger partial charge in [0.2, 0.25) is 0 Å². The first-order valence-corrected chi connectivity index (χ1v) is 5.25. The van der Waals surface area contributed by atoms with E-state index in [2.05, 4.69) is 4.98 Å². The Morgan fingerprint density at radius 2 is 2.33 bits per heavy atom. The summed E-state index contributed by atoms with van der Waals surface area (Å²) in [7, 11) is 0. The zero-order valence-electron chi connectivity index (χ0n) is 8.68. The number of halogens is 1. The van der Waals surface area contributed by atoms with E-state index in [1.165, 1.54) is 6.07 Å². The fourth-order valence-electron chi connectivity index (χ4n) is 1.44. The van der Waals surface area contributed by atoms with Gasteiger partial charge in [0, 0.05) is 23.6 Å². The van der Waals surface area contributed by atoms with Gasteiger partial charge in [0.1, 0.15) is 5.69 Å². The van der Waals surface area contributed by atoms with Crippen LogP contribution in [0.5, 0.6) is 0 Å². The van der Waals surface area contributed by atoms with Crippen LogP contribution in [-0.2, 0) is 0 Å². The minimum atomic E-state index is -0.419. The van der Waals surface area contributed by atoms with Gasteiger partial charge in [-0.3, -0.25) is 15.1 Å². The van der Waals surface area contributed by atoms with Gasteiger partial charge in [-0.15, -0.1) is 11.6 Å². The van der Waals surface area contributed by atoms with E-state index >= 15 is 0 Å². The third-order valence-corrected chi connectivity index (χ3v) is 3.06. The smallest absolute Gasteiger partial charge is 0.258 e. The molecule has 0 spiro atoms. The summed E-state index contributed by atoms with van der Waals surface area (Å²) in [5.41, 5.74) is 0.508. The Balaban J connectivity index is 3.07. The highest BCUT2D eigenvalue weighted by molar-refractivity contribution is 6.21. The van der Waals surface area contributed by atoms with Gasteiger partial charge in [0.25, 0.3) is 5.69 Å². The fourth-order valence-corrected chi connectivity index (χ4v) is 1.56. The van der Waals surface area contributed by atoms with Crippen LogP contribution in [0, 0.1) is 10.1 Å². The van der Waals surface area contributed by atoms with Crippen molar-refractivity contribution in [3.63, 3.8) is 0 Å². The fraction of sp³-hybridized carbons (Fsp3) is 0.500. The van der Waals surface area contributed by atoms with Crippen LogP contribution in [0.3, 0.4) is 0 Å². The average Bonchev–Trinajstić information content (AvgIpc) is 2.27. The molecule has 0 fully saturated rings. The highest BCUT2D eigenvalue weighted by Gasteiger charge is 2.24. The van der Waals surface area contributed by atoms with Gasteiger partial charge in [-0.25, -0.2) is 0 Å². The van der Waals surface area contributed by atoms with Crippen molar-refractivity contribution in [2.75, 3.05) is 0 Å². The highest BCUT2D eigenvalue weighted by Crippen LogP contribution is 2.29. The van der Waals surface area contributed by atoms with Gasteiger partial charge >= 0.3 is 0 Å². The molecular weight excluding hydrogens is 216 g/mol. The second-order valence-corrected chi connectivity index (χ2v) is 3.94. The van der Waals surface area contributed by atoms with Crippen LogP contribution in [0.25, 0.3) is 0 Å². The van der Waals surface area contributed by atoms with E-state index in [1.807, 2.05) is 13.8 Å². The minimum absolute atomic E-state index is 0.0455. The predicted molar refractivity (Wildman–Crippen MR) is 59.2 cm³/mol. The highest BCUT2D eigenvalue weighted by atomic mass is 35.5. The van der Waals surface area contributed by atoms with Crippen LogP contribution in [0.4, 0.5) is 5.69 Å². The van der Waals surface area contributed by atoms with E-state index in [0.29, 0.717) is 5.69 Å². The summed E-state index contributed by atoms with van der Waals surface area (Å²) in [6, 6.07) is 3.02. The largest absolute Gasteiger partial charge is 0.291 e. The van der Waals surface area contributed by atoms with Crippen LogP contribution < -0.4 is 0 Å². The van der Waals surface area contributed by atoms with Crippen molar-refractivity contribution >= 4 is 17.3 Å². The number of nitrogens with zero attached hydrogens (tertiary/aromatic N) is 2.